The fourth-order valence-electron chi connectivity index (χ4n) is 3.95. The maximum atomic E-state index is 12.5. The van der Waals surface area contributed by atoms with Crippen molar-refractivity contribution in [1.82, 2.24) is 14.8 Å². The molecule has 2 aliphatic heterocycles. The van der Waals surface area contributed by atoms with Gasteiger partial charge in [0.15, 0.2) is 11.5 Å². The molecule has 1 aromatic carbocycles. The first-order valence-corrected chi connectivity index (χ1v) is 9.47. The number of carbonyl (C=O) groups is 1. The minimum atomic E-state index is -0.0688. The highest BCUT2D eigenvalue weighted by Crippen LogP contribution is 2.42. The minimum Gasteiger partial charge on any atom is -0.493 e. The lowest BCUT2D eigenvalue weighted by Crippen LogP contribution is -2.27. The molecule has 1 amide bonds. The molecule has 0 fully saturated rings. The summed E-state index contributed by atoms with van der Waals surface area (Å²) in [7, 11) is 1.63. The molecule has 5 rings (SSSR count). The first-order chi connectivity index (χ1) is 14.2. The van der Waals surface area contributed by atoms with E-state index in [0.717, 1.165) is 33.8 Å². The summed E-state index contributed by atoms with van der Waals surface area (Å²) in [5.74, 6) is 2.11. The van der Waals surface area contributed by atoms with Gasteiger partial charge in [-0.25, -0.2) is 4.68 Å². The number of hydrogen-bond acceptors (Lipinski definition) is 5. The minimum absolute atomic E-state index is 0.0206. The molecule has 29 heavy (non-hydrogen) atoms. The second kappa shape index (κ2) is 7.09. The first kappa shape index (κ1) is 17.5. The van der Waals surface area contributed by atoms with Crippen LogP contribution in [0.15, 0.2) is 54.5 Å². The van der Waals surface area contributed by atoms with Crippen LogP contribution in [-0.2, 0) is 11.3 Å². The van der Waals surface area contributed by atoms with Crippen molar-refractivity contribution < 1.29 is 14.3 Å². The van der Waals surface area contributed by atoms with Gasteiger partial charge in [0.05, 0.1) is 19.9 Å². The number of methoxy groups -OCH3 is 1. The summed E-state index contributed by atoms with van der Waals surface area (Å²) in [5, 5.41) is 7.52. The molecule has 0 saturated carbocycles. The topological polar surface area (TPSA) is 78.3 Å². The van der Waals surface area contributed by atoms with Gasteiger partial charge < -0.3 is 14.8 Å². The number of pyridine rings is 1. The summed E-state index contributed by atoms with van der Waals surface area (Å²) in [4.78, 5) is 16.6. The Morgan fingerprint density at radius 2 is 2.21 bits per heavy atom. The Labute approximate surface area is 168 Å². The maximum Gasteiger partial charge on any atom is 0.226 e. The molecule has 3 aromatic rings. The molecule has 4 heterocycles. The van der Waals surface area contributed by atoms with E-state index in [2.05, 4.69) is 21.5 Å². The second-order valence-corrected chi connectivity index (χ2v) is 7.16. The zero-order valence-electron chi connectivity index (χ0n) is 16.0. The molecule has 2 aliphatic rings. The number of anilines is 1. The van der Waals surface area contributed by atoms with E-state index in [9.17, 15) is 4.79 Å². The quantitative estimate of drug-likeness (QED) is 0.742. The molecule has 0 bridgehead atoms. The predicted octanol–water partition coefficient (Wildman–Crippen LogP) is 3.24. The number of nitrogens with one attached hydrogen (secondary N) is 1. The van der Waals surface area contributed by atoms with Gasteiger partial charge >= 0.3 is 0 Å². The van der Waals surface area contributed by atoms with Crippen molar-refractivity contribution in [3.63, 3.8) is 0 Å². The van der Waals surface area contributed by atoms with Gasteiger partial charge in [-0.05, 0) is 29.3 Å². The zero-order valence-corrected chi connectivity index (χ0v) is 16.0. The number of fused-ring (bicyclic) bond motifs is 2. The smallest absolute Gasteiger partial charge is 0.226 e. The monoisotopic (exact) mass is 388 g/mol. The molecule has 1 atom stereocenters. The number of aromatic nitrogens is 3. The number of carbonyl (C=O) groups excluding carboxylic acids is 1. The van der Waals surface area contributed by atoms with Crippen LogP contribution in [0.5, 0.6) is 11.5 Å². The molecular weight excluding hydrogens is 368 g/mol. The van der Waals surface area contributed by atoms with E-state index in [1.165, 1.54) is 0 Å². The van der Waals surface area contributed by atoms with Crippen molar-refractivity contribution in [1.29, 1.82) is 0 Å². The Hall–Kier alpha value is -3.61. The lowest BCUT2D eigenvalue weighted by atomic mass is 9.85. The molecule has 1 unspecified atom stereocenters. The third-order valence-corrected chi connectivity index (χ3v) is 5.35. The standard InChI is InChI=1S/C22H20N4O3/c1-28-19-6-2-5-15-8-16(13-29-21(15)19)17-9-20(27)25-22-18(17)11-24-26(22)12-14-4-3-7-23-10-14/h2-8,10-11,17H,9,12-13H2,1H3,(H,25,27). The van der Waals surface area contributed by atoms with Gasteiger partial charge in [-0.2, -0.15) is 5.10 Å². The van der Waals surface area contributed by atoms with Crippen LogP contribution < -0.4 is 14.8 Å². The van der Waals surface area contributed by atoms with Gasteiger partial charge in [-0.3, -0.25) is 9.78 Å². The van der Waals surface area contributed by atoms with Crippen LogP contribution in [0.4, 0.5) is 5.82 Å². The second-order valence-electron chi connectivity index (χ2n) is 7.16. The number of para-hydroxylation sites is 1. The van der Waals surface area contributed by atoms with Crippen LogP contribution in [0, 0.1) is 0 Å². The molecular formula is C22H20N4O3. The molecule has 7 heteroatoms. The Balaban J connectivity index is 1.50. The maximum absolute atomic E-state index is 12.5. The van der Waals surface area contributed by atoms with Crippen LogP contribution in [0.2, 0.25) is 0 Å². The largest absolute Gasteiger partial charge is 0.493 e. The van der Waals surface area contributed by atoms with Gasteiger partial charge in [-0.15, -0.1) is 0 Å². The fraction of sp³-hybridized carbons (Fsp3) is 0.227. The highest BCUT2D eigenvalue weighted by Gasteiger charge is 2.33. The van der Waals surface area contributed by atoms with Crippen molar-refractivity contribution in [2.24, 2.45) is 0 Å². The first-order valence-electron chi connectivity index (χ1n) is 9.47. The fourth-order valence-corrected chi connectivity index (χ4v) is 3.95. The van der Waals surface area contributed by atoms with E-state index in [4.69, 9.17) is 9.47 Å². The van der Waals surface area contributed by atoms with E-state index in [1.807, 2.05) is 41.2 Å². The van der Waals surface area contributed by atoms with Crippen molar-refractivity contribution >= 4 is 17.8 Å². The molecule has 0 spiro atoms. The van der Waals surface area contributed by atoms with E-state index >= 15 is 0 Å². The van der Waals surface area contributed by atoms with Gasteiger partial charge in [0.1, 0.15) is 12.4 Å². The Kier molecular flexibility index (Phi) is 4.27. The number of amides is 1. The van der Waals surface area contributed by atoms with Gasteiger partial charge in [0.25, 0.3) is 0 Å². The molecule has 7 nitrogen and oxygen atoms in total. The summed E-state index contributed by atoms with van der Waals surface area (Å²) in [6, 6.07) is 9.69. The Bertz CT molecular complexity index is 1100. The van der Waals surface area contributed by atoms with Crippen molar-refractivity contribution in [3.8, 4) is 11.5 Å². The van der Waals surface area contributed by atoms with Crippen LogP contribution >= 0.6 is 0 Å². The third kappa shape index (κ3) is 3.14. The number of nitrogens with zero attached hydrogens (tertiary/aromatic N) is 3. The predicted molar refractivity (Wildman–Crippen MR) is 108 cm³/mol. The normalized spacial score (nSPS) is 17.5. The third-order valence-electron chi connectivity index (χ3n) is 5.35. The van der Waals surface area contributed by atoms with Gasteiger partial charge in [0.2, 0.25) is 5.91 Å². The van der Waals surface area contributed by atoms with Crippen LogP contribution in [0.3, 0.4) is 0 Å². The Morgan fingerprint density at radius 1 is 1.28 bits per heavy atom. The lowest BCUT2D eigenvalue weighted by molar-refractivity contribution is -0.116. The SMILES string of the molecule is COc1cccc2c1OCC(C1CC(=O)Nc3c1cnn3Cc1cccnc1)=C2. The molecule has 0 saturated heterocycles. The number of hydrogen-bond donors (Lipinski definition) is 1. The number of ether oxygens (including phenoxy) is 2. The summed E-state index contributed by atoms with van der Waals surface area (Å²) in [6.45, 7) is 0.963. The van der Waals surface area contributed by atoms with Crippen LogP contribution in [0.25, 0.3) is 6.08 Å². The van der Waals surface area contributed by atoms with Crippen molar-refractivity contribution in [2.45, 2.75) is 18.9 Å². The van der Waals surface area contributed by atoms with Crippen molar-refractivity contribution in [2.75, 3.05) is 19.0 Å². The van der Waals surface area contributed by atoms with E-state index in [0.29, 0.717) is 25.3 Å². The summed E-state index contributed by atoms with van der Waals surface area (Å²) in [6.07, 6.45) is 7.87. The lowest BCUT2D eigenvalue weighted by Gasteiger charge is -2.28. The average Bonchev–Trinajstić information content (AvgIpc) is 3.15. The molecule has 0 radical (unpaired) electrons. The molecule has 2 aromatic heterocycles. The van der Waals surface area contributed by atoms with E-state index < -0.39 is 0 Å². The number of benzene rings is 1. The highest BCUT2D eigenvalue weighted by atomic mass is 16.5. The molecule has 0 aliphatic carbocycles. The van der Waals surface area contributed by atoms with Gasteiger partial charge in [0, 0.05) is 35.9 Å². The van der Waals surface area contributed by atoms with Crippen molar-refractivity contribution in [3.05, 3.63) is 71.2 Å². The highest BCUT2D eigenvalue weighted by molar-refractivity contribution is 5.94. The van der Waals surface area contributed by atoms with E-state index in [1.54, 1.807) is 19.5 Å². The number of rotatable bonds is 4. The summed E-state index contributed by atoms with van der Waals surface area (Å²) < 4.78 is 13.2. The summed E-state index contributed by atoms with van der Waals surface area (Å²) >= 11 is 0. The Morgan fingerprint density at radius 3 is 3.03 bits per heavy atom. The molecule has 146 valence electrons. The summed E-state index contributed by atoms with van der Waals surface area (Å²) in [5.41, 5.74) is 4.05. The van der Waals surface area contributed by atoms with Gasteiger partial charge in [-0.1, -0.05) is 18.2 Å². The van der Waals surface area contributed by atoms with Crippen LogP contribution in [-0.4, -0.2) is 34.4 Å². The zero-order chi connectivity index (χ0) is 19.8. The molecule has 1 N–H and O–H groups in total. The van der Waals surface area contributed by atoms with E-state index in [-0.39, 0.29) is 11.8 Å². The van der Waals surface area contributed by atoms with Crippen LogP contribution in [0.1, 0.15) is 29.0 Å². The average molecular weight is 388 g/mol.